The second-order valence-corrected chi connectivity index (χ2v) is 4.51. The van der Waals surface area contributed by atoms with E-state index in [1.807, 2.05) is 25.3 Å². The molecule has 0 bridgehead atoms. The summed E-state index contributed by atoms with van der Waals surface area (Å²) >= 11 is 0. The van der Waals surface area contributed by atoms with Crippen molar-refractivity contribution in [2.24, 2.45) is 0 Å². The summed E-state index contributed by atoms with van der Waals surface area (Å²) in [4.78, 5) is 0. The fourth-order valence-electron chi connectivity index (χ4n) is 2.12. The Labute approximate surface area is 113 Å². The predicted molar refractivity (Wildman–Crippen MR) is 75.9 cm³/mol. The molecule has 19 heavy (non-hydrogen) atoms. The summed E-state index contributed by atoms with van der Waals surface area (Å²) in [5, 5.41) is 4.45. The van der Waals surface area contributed by atoms with E-state index in [2.05, 4.69) is 9.88 Å². The Kier molecular flexibility index (Phi) is 5.36. The van der Waals surface area contributed by atoms with Crippen molar-refractivity contribution < 1.29 is 9.13 Å². The van der Waals surface area contributed by atoms with Crippen LogP contribution in [0.4, 0.5) is 4.39 Å². The first kappa shape index (κ1) is 14.0. The van der Waals surface area contributed by atoms with Crippen LogP contribution in [0.5, 0.6) is 0 Å². The van der Waals surface area contributed by atoms with Crippen LogP contribution in [0, 0.1) is 5.82 Å². The summed E-state index contributed by atoms with van der Waals surface area (Å²) in [6.45, 7) is 6.27. The van der Waals surface area contributed by atoms with Crippen molar-refractivity contribution in [2.75, 3.05) is 26.3 Å². The molecular weight excluding hydrogens is 243 g/mol. The number of nitrogens with one attached hydrogen (secondary N) is 1. The molecule has 4 heteroatoms. The molecule has 1 aromatic carbocycles. The Morgan fingerprint density at radius 3 is 3.00 bits per heavy atom. The molecule has 2 rings (SSSR count). The number of rotatable bonds is 8. The van der Waals surface area contributed by atoms with Crippen LogP contribution in [0.25, 0.3) is 10.9 Å². The molecule has 0 atom stereocenters. The van der Waals surface area contributed by atoms with Crippen LogP contribution in [-0.4, -0.2) is 30.9 Å². The van der Waals surface area contributed by atoms with Gasteiger partial charge < -0.3 is 14.6 Å². The minimum absolute atomic E-state index is 0.183. The van der Waals surface area contributed by atoms with Crippen molar-refractivity contribution in [3.63, 3.8) is 0 Å². The lowest BCUT2D eigenvalue weighted by atomic mass is 10.2. The Morgan fingerprint density at radius 1 is 1.26 bits per heavy atom. The Morgan fingerprint density at radius 2 is 2.16 bits per heavy atom. The van der Waals surface area contributed by atoms with Crippen LogP contribution in [0.1, 0.15) is 13.3 Å². The van der Waals surface area contributed by atoms with E-state index in [9.17, 15) is 4.39 Å². The van der Waals surface area contributed by atoms with E-state index in [1.54, 1.807) is 6.07 Å². The van der Waals surface area contributed by atoms with Gasteiger partial charge in [-0.15, -0.1) is 0 Å². The van der Waals surface area contributed by atoms with Gasteiger partial charge in [-0.25, -0.2) is 4.39 Å². The van der Waals surface area contributed by atoms with Gasteiger partial charge >= 0.3 is 0 Å². The maximum atomic E-state index is 13.2. The topological polar surface area (TPSA) is 26.2 Å². The number of hydrogen-bond acceptors (Lipinski definition) is 2. The Balaban J connectivity index is 1.77. The average molecular weight is 264 g/mol. The highest BCUT2D eigenvalue weighted by Crippen LogP contribution is 2.16. The molecule has 0 radical (unpaired) electrons. The standard InChI is InChI=1S/C15H21FN2O/c1-2-19-11-3-7-17-8-10-18-9-6-13-4-5-14(16)12-15(13)18/h4-6,9,12,17H,2-3,7-8,10-11H2,1H3. The minimum atomic E-state index is -0.183. The summed E-state index contributed by atoms with van der Waals surface area (Å²) in [6, 6.07) is 6.92. The van der Waals surface area contributed by atoms with E-state index in [4.69, 9.17) is 4.74 Å². The monoisotopic (exact) mass is 264 g/mol. The quantitative estimate of drug-likeness (QED) is 0.742. The fraction of sp³-hybridized carbons (Fsp3) is 0.467. The lowest BCUT2D eigenvalue weighted by Crippen LogP contribution is -2.21. The molecule has 3 nitrogen and oxygen atoms in total. The first-order valence-corrected chi connectivity index (χ1v) is 6.84. The molecule has 0 unspecified atom stereocenters. The van der Waals surface area contributed by atoms with Gasteiger partial charge in [-0.1, -0.05) is 0 Å². The highest BCUT2D eigenvalue weighted by molar-refractivity contribution is 5.80. The number of hydrogen-bond donors (Lipinski definition) is 1. The summed E-state index contributed by atoms with van der Waals surface area (Å²) in [6.07, 6.45) is 3.03. The van der Waals surface area contributed by atoms with Gasteiger partial charge in [-0.2, -0.15) is 0 Å². The third kappa shape index (κ3) is 4.04. The second kappa shape index (κ2) is 7.26. The van der Waals surface area contributed by atoms with Crippen molar-refractivity contribution in [1.82, 2.24) is 9.88 Å². The number of fused-ring (bicyclic) bond motifs is 1. The van der Waals surface area contributed by atoms with E-state index in [-0.39, 0.29) is 5.82 Å². The van der Waals surface area contributed by atoms with Crippen LogP contribution in [0.3, 0.4) is 0 Å². The maximum Gasteiger partial charge on any atom is 0.125 e. The molecule has 1 aromatic heterocycles. The zero-order valence-electron chi connectivity index (χ0n) is 11.4. The molecular formula is C15H21FN2O. The fourth-order valence-corrected chi connectivity index (χ4v) is 2.12. The number of nitrogens with zero attached hydrogens (tertiary/aromatic N) is 1. The van der Waals surface area contributed by atoms with Crippen molar-refractivity contribution in [3.05, 3.63) is 36.3 Å². The Bertz CT molecular complexity index is 510. The predicted octanol–water partition coefficient (Wildman–Crippen LogP) is 2.80. The third-order valence-corrected chi connectivity index (χ3v) is 3.11. The SMILES string of the molecule is CCOCCCNCCn1ccc2ccc(F)cc21. The number of aromatic nitrogens is 1. The minimum Gasteiger partial charge on any atom is -0.382 e. The van der Waals surface area contributed by atoms with Crippen LogP contribution >= 0.6 is 0 Å². The molecule has 0 aliphatic rings. The van der Waals surface area contributed by atoms with Gasteiger partial charge in [-0.3, -0.25) is 0 Å². The van der Waals surface area contributed by atoms with Crippen molar-refractivity contribution >= 4 is 10.9 Å². The van der Waals surface area contributed by atoms with Crippen molar-refractivity contribution in [3.8, 4) is 0 Å². The van der Waals surface area contributed by atoms with Gasteiger partial charge in [-0.05, 0) is 49.5 Å². The van der Waals surface area contributed by atoms with Crippen molar-refractivity contribution in [2.45, 2.75) is 19.9 Å². The second-order valence-electron chi connectivity index (χ2n) is 4.51. The molecule has 0 saturated heterocycles. The molecule has 0 amide bonds. The van der Waals surface area contributed by atoms with Crippen LogP contribution < -0.4 is 5.32 Å². The van der Waals surface area contributed by atoms with Gasteiger partial charge in [0.1, 0.15) is 5.82 Å². The number of halogens is 1. The normalized spacial score (nSPS) is 11.3. The molecule has 104 valence electrons. The van der Waals surface area contributed by atoms with E-state index in [0.717, 1.165) is 50.2 Å². The highest BCUT2D eigenvalue weighted by Gasteiger charge is 2.01. The van der Waals surface area contributed by atoms with E-state index >= 15 is 0 Å². The first-order valence-electron chi connectivity index (χ1n) is 6.84. The largest absolute Gasteiger partial charge is 0.382 e. The molecule has 0 spiro atoms. The molecule has 1 N–H and O–H groups in total. The van der Waals surface area contributed by atoms with Gasteiger partial charge in [0.15, 0.2) is 0 Å². The Hall–Kier alpha value is -1.39. The molecule has 0 saturated carbocycles. The maximum absolute atomic E-state index is 13.2. The van der Waals surface area contributed by atoms with Crippen LogP contribution in [0.15, 0.2) is 30.5 Å². The van der Waals surface area contributed by atoms with E-state index < -0.39 is 0 Å². The molecule has 0 fully saturated rings. The van der Waals surface area contributed by atoms with Gasteiger partial charge in [0.05, 0.1) is 5.52 Å². The van der Waals surface area contributed by atoms with Gasteiger partial charge in [0.2, 0.25) is 0 Å². The smallest absolute Gasteiger partial charge is 0.125 e. The first-order chi connectivity index (χ1) is 9.31. The average Bonchev–Trinajstić information content (AvgIpc) is 2.80. The molecule has 1 heterocycles. The molecule has 0 aliphatic heterocycles. The zero-order valence-corrected chi connectivity index (χ0v) is 11.4. The van der Waals surface area contributed by atoms with Gasteiger partial charge in [0.25, 0.3) is 0 Å². The molecule has 0 aliphatic carbocycles. The highest BCUT2D eigenvalue weighted by atomic mass is 19.1. The summed E-state index contributed by atoms with van der Waals surface area (Å²) in [5.41, 5.74) is 0.955. The third-order valence-electron chi connectivity index (χ3n) is 3.11. The number of benzene rings is 1. The van der Waals surface area contributed by atoms with Crippen molar-refractivity contribution in [1.29, 1.82) is 0 Å². The van der Waals surface area contributed by atoms with Gasteiger partial charge in [0, 0.05) is 32.5 Å². The van der Waals surface area contributed by atoms with Crippen LogP contribution in [-0.2, 0) is 11.3 Å². The van der Waals surface area contributed by atoms with E-state index in [1.165, 1.54) is 6.07 Å². The zero-order chi connectivity index (χ0) is 13.5. The summed E-state index contributed by atoms with van der Waals surface area (Å²) in [5.74, 6) is -0.183. The van der Waals surface area contributed by atoms with Crippen LogP contribution in [0.2, 0.25) is 0 Å². The lowest BCUT2D eigenvalue weighted by Gasteiger charge is -2.07. The summed E-state index contributed by atoms with van der Waals surface area (Å²) in [7, 11) is 0. The molecule has 2 aromatic rings. The number of ether oxygens (including phenoxy) is 1. The van der Waals surface area contributed by atoms with E-state index in [0.29, 0.717) is 0 Å². The summed E-state index contributed by atoms with van der Waals surface area (Å²) < 4.78 is 20.6. The lowest BCUT2D eigenvalue weighted by molar-refractivity contribution is 0.145.